The smallest absolute Gasteiger partial charge is 0.292 e. The van der Waals surface area contributed by atoms with Crippen LogP contribution in [0.3, 0.4) is 0 Å². The number of nitro benzene ring substituents is 1. The first-order valence-electron chi connectivity index (χ1n) is 6.91. The molecule has 21 heavy (non-hydrogen) atoms. The Morgan fingerprint density at radius 1 is 1.19 bits per heavy atom. The van der Waals surface area contributed by atoms with E-state index in [1.54, 1.807) is 29.2 Å². The number of nitrogens with zero attached hydrogens (tertiary/aromatic N) is 3. The monoisotopic (exact) mass is 289 g/mol. The molecule has 1 aromatic rings. The minimum Gasteiger partial charge on any atom is -0.362 e. The minimum atomic E-state index is -0.365. The van der Waals surface area contributed by atoms with Crippen molar-refractivity contribution >= 4 is 17.3 Å². The van der Waals surface area contributed by atoms with E-state index in [0.717, 1.165) is 5.57 Å². The van der Waals surface area contributed by atoms with Crippen LogP contribution in [0.5, 0.6) is 0 Å². The van der Waals surface area contributed by atoms with Crippen LogP contribution in [0.15, 0.2) is 35.9 Å². The summed E-state index contributed by atoms with van der Waals surface area (Å²) in [6.07, 6.45) is 1.63. The van der Waals surface area contributed by atoms with Gasteiger partial charge in [0.15, 0.2) is 0 Å². The maximum absolute atomic E-state index is 11.9. The van der Waals surface area contributed by atoms with Gasteiger partial charge in [-0.3, -0.25) is 14.9 Å². The van der Waals surface area contributed by atoms with E-state index in [1.165, 1.54) is 6.07 Å². The molecule has 1 saturated heterocycles. The highest BCUT2D eigenvalue weighted by Crippen LogP contribution is 2.28. The second-order valence-corrected chi connectivity index (χ2v) is 5.28. The van der Waals surface area contributed by atoms with E-state index in [2.05, 4.69) is 0 Å². The summed E-state index contributed by atoms with van der Waals surface area (Å²) >= 11 is 0. The quantitative estimate of drug-likeness (QED) is 0.486. The zero-order valence-corrected chi connectivity index (χ0v) is 12.3. The standard InChI is InChI=1S/C15H19N3O3/c1-12(2)11-15(19)17-9-7-16(8-10-17)13-5-3-4-6-14(13)18(20)21/h3-6,11H,7-10H2,1-2H3. The Bertz CT molecular complexity index is 571. The van der Waals surface area contributed by atoms with Gasteiger partial charge in [0.1, 0.15) is 5.69 Å². The summed E-state index contributed by atoms with van der Waals surface area (Å²) in [4.78, 5) is 26.4. The molecule has 2 rings (SSSR count). The molecule has 0 atom stereocenters. The Labute approximate surface area is 123 Å². The van der Waals surface area contributed by atoms with E-state index in [0.29, 0.717) is 31.9 Å². The van der Waals surface area contributed by atoms with Crippen LogP contribution < -0.4 is 4.90 Å². The fraction of sp³-hybridized carbons (Fsp3) is 0.400. The summed E-state index contributed by atoms with van der Waals surface area (Å²) in [5.41, 5.74) is 1.71. The van der Waals surface area contributed by atoms with E-state index in [1.807, 2.05) is 18.7 Å². The molecular formula is C15H19N3O3. The van der Waals surface area contributed by atoms with E-state index in [9.17, 15) is 14.9 Å². The number of para-hydroxylation sites is 2. The van der Waals surface area contributed by atoms with Gasteiger partial charge in [0.2, 0.25) is 5.91 Å². The van der Waals surface area contributed by atoms with Crippen molar-refractivity contribution in [3.63, 3.8) is 0 Å². The van der Waals surface area contributed by atoms with Crippen molar-refractivity contribution in [1.29, 1.82) is 0 Å². The number of allylic oxidation sites excluding steroid dienone is 1. The lowest BCUT2D eigenvalue weighted by molar-refractivity contribution is -0.384. The number of nitro groups is 1. The summed E-state index contributed by atoms with van der Waals surface area (Å²) in [7, 11) is 0. The van der Waals surface area contributed by atoms with Crippen molar-refractivity contribution < 1.29 is 9.72 Å². The third kappa shape index (κ3) is 3.59. The van der Waals surface area contributed by atoms with Crippen LogP contribution in [-0.2, 0) is 4.79 Å². The maximum Gasteiger partial charge on any atom is 0.292 e. The lowest BCUT2D eigenvalue weighted by Gasteiger charge is -2.35. The Hall–Kier alpha value is -2.37. The normalized spacial score (nSPS) is 14.8. The summed E-state index contributed by atoms with van der Waals surface area (Å²) in [6.45, 7) is 6.15. The van der Waals surface area contributed by atoms with Crippen molar-refractivity contribution in [2.75, 3.05) is 31.1 Å². The highest BCUT2D eigenvalue weighted by atomic mass is 16.6. The molecule has 0 spiro atoms. The van der Waals surface area contributed by atoms with Crippen LogP contribution in [0.25, 0.3) is 0 Å². The largest absolute Gasteiger partial charge is 0.362 e. The number of rotatable bonds is 3. The van der Waals surface area contributed by atoms with E-state index in [-0.39, 0.29) is 16.5 Å². The topological polar surface area (TPSA) is 66.7 Å². The van der Waals surface area contributed by atoms with Gasteiger partial charge in [-0.1, -0.05) is 17.7 Å². The van der Waals surface area contributed by atoms with E-state index < -0.39 is 0 Å². The first-order chi connectivity index (χ1) is 9.99. The Kier molecular flexibility index (Phi) is 4.57. The Morgan fingerprint density at radius 2 is 1.81 bits per heavy atom. The van der Waals surface area contributed by atoms with Gasteiger partial charge in [-0.05, 0) is 19.9 Å². The fourth-order valence-corrected chi connectivity index (χ4v) is 2.39. The SMILES string of the molecule is CC(C)=CC(=O)N1CCN(c2ccccc2[N+](=O)[O-])CC1. The number of hydrogen-bond acceptors (Lipinski definition) is 4. The highest BCUT2D eigenvalue weighted by molar-refractivity contribution is 5.88. The molecule has 1 amide bonds. The molecule has 1 aromatic carbocycles. The molecule has 112 valence electrons. The van der Waals surface area contributed by atoms with Crippen molar-refractivity contribution in [2.45, 2.75) is 13.8 Å². The molecule has 0 radical (unpaired) electrons. The molecule has 0 N–H and O–H groups in total. The summed E-state index contributed by atoms with van der Waals surface area (Å²) in [5.74, 6) is 0.0113. The predicted octanol–water partition coefficient (Wildman–Crippen LogP) is 2.21. The molecule has 1 fully saturated rings. The Balaban J connectivity index is 2.07. The van der Waals surface area contributed by atoms with Gasteiger partial charge < -0.3 is 9.80 Å². The summed E-state index contributed by atoms with van der Waals surface area (Å²) < 4.78 is 0. The lowest BCUT2D eigenvalue weighted by Crippen LogP contribution is -2.48. The van der Waals surface area contributed by atoms with Gasteiger partial charge in [-0.15, -0.1) is 0 Å². The zero-order valence-electron chi connectivity index (χ0n) is 12.3. The molecule has 0 aromatic heterocycles. The van der Waals surface area contributed by atoms with Crippen molar-refractivity contribution in [3.8, 4) is 0 Å². The fourth-order valence-electron chi connectivity index (χ4n) is 2.39. The molecule has 1 heterocycles. The van der Waals surface area contributed by atoms with Crippen LogP contribution in [-0.4, -0.2) is 41.9 Å². The number of benzene rings is 1. The molecule has 0 saturated carbocycles. The second-order valence-electron chi connectivity index (χ2n) is 5.28. The van der Waals surface area contributed by atoms with Gasteiger partial charge in [-0.2, -0.15) is 0 Å². The number of hydrogen-bond donors (Lipinski definition) is 0. The third-order valence-corrected chi connectivity index (χ3v) is 3.42. The van der Waals surface area contributed by atoms with Gasteiger partial charge in [0.25, 0.3) is 5.69 Å². The summed E-state index contributed by atoms with van der Waals surface area (Å²) in [6, 6.07) is 6.72. The molecule has 6 nitrogen and oxygen atoms in total. The lowest BCUT2D eigenvalue weighted by atomic mass is 10.2. The van der Waals surface area contributed by atoms with Gasteiger partial charge >= 0.3 is 0 Å². The second kappa shape index (κ2) is 6.39. The third-order valence-electron chi connectivity index (χ3n) is 3.42. The van der Waals surface area contributed by atoms with E-state index >= 15 is 0 Å². The number of piperazine rings is 1. The van der Waals surface area contributed by atoms with Crippen LogP contribution in [0.4, 0.5) is 11.4 Å². The minimum absolute atomic E-state index is 0.0113. The first kappa shape index (κ1) is 15.0. The number of anilines is 1. The van der Waals surface area contributed by atoms with Crippen LogP contribution in [0.1, 0.15) is 13.8 Å². The number of amides is 1. The molecule has 0 aliphatic carbocycles. The average Bonchev–Trinajstić information content (AvgIpc) is 2.46. The van der Waals surface area contributed by atoms with Crippen molar-refractivity contribution in [2.24, 2.45) is 0 Å². The zero-order chi connectivity index (χ0) is 15.4. The van der Waals surface area contributed by atoms with Crippen LogP contribution >= 0.6 is 0 Å². The summed E-state index contributed by atoms with van der Waals surface area (Å²) in [5, 5.41) is 11.1. The molecule has 6 heteroatoms. The molecular weight excluding hydrogens is 270 g/mol. The van der Waals surface area contributed by atoms with E-state index in [4.69, 9.17) is 0 Å². The number of carbonyl (C=O) groups excluding carboxylic acids is 1. The molecule has 1 aliphatic rings. The van der Waals surface area contributed by atoms with Crippen LogP contribution in [0, 0.1) is 10.1 Å². The molecule has 1 aliphatic heterocycles. The van der Waals surface area contributed by atoms with Crippen LogP contribution in [0.2, 0.25) is 0 Å². The van der Waals surface area contributed by atoms with Crippen molar-refractivity contribution in [1.82, 2.24) is 4.90 Å². The molecule has 0 unspecified atom stereocenters. The van der Waals surface area contributed by atoms with Gasteiger partial charge in [0.05, 0.1) is 4.92 Å². The van der Waals surface area contributed by atoms with Gasteiger partial charge in [0, 0.05) is 38.3 Å². The Morgan fingerprint density at radius 3 is 2.38 bits per heavy atom. The number of carbonyl (C=O) groups is 1. The predicted molar refractivity (Wildman–Crippen MR) is 81.3 cm³/mol. The molecule has 0 bridgehead atoms. The van der Waals surface area contributed by atoms with Gasteiger partial charge in [-0.25, -0.2) is 0 Å². The first-order valence-corrected chi connectivity index (χ1v) is 6.91. The maximum atomic E-state index is 11.9. The highest BCUT2D eigenvalue weighted by Gasteiger charge is 2.24. The van der Waals surface area contributed by atoms with Crippen molar-refractivity contribution in [3.05, 3.63) is 46.0 Å². The average molecular weight is 289 g/mol.